The lowest BCUT2D eigenvalue weighted by Gasteiger charge is -2.10. The summed E-state index contributed by atoms with van der Waals surface area (Å²) in [7, 11) is 2.17. The number of aromatic nitrogens is 1. The summed E-state index contributed by atoms with van der Waals surface area (Å²) in [5.74, 6) is 0. The molecule has 1 heterocycles. The highest BCUT2D eigenvalue weighted by atomic mass is 14.9. The molecule has 0 spiro atoms. The maximum absolute atomic E-state index is 2.33. The number of benzene rings is 3. The van der Waals surface area contributed by atoms with Crippen LogP contribution in [0.5, 0.6) is 0 Å². The number of nitrogens with zero attached hydrogens (tertiary/aromatic N) is 1. The Hall–Kier alpha value is -2.67. The Balaban J connectivity index is 2.26. The van der Waals surface area contributed by atoms with Crippen molar-refractivity contribution in [3.05, 3.63) is 77.9 Å². The monoisotopic (exact) mass is 298 g/mol. The van der Waals surface area contributed by atoms with E-state index in [1.807, 2.05) is 0 Å². The Kier molecular flexibility index (Phi) is 3.16. The molecule has 0 atom stereocenters. The van der Waals surface area contributed by atoms with E-state index in [4.69, 9.17) is 0 Å². The van der Waals surface area contributed by atoms with Crippen molar-refractivity contribution in [2.24, 2.45) is 7.05 Å². The summed E-state index contributed by atoms with van der Waals surface area (Å²) in [5, 5.41) is 3.95. The van der Waals surface area contributed by atoms with Gasteiger partial charge in [0.25, 0.3) is 0 Å². The maximum Gasteiger partial charge on any atom is 0.220 e. The molecule has 0 radical (unpaired) electrons. The van der Waals surface area contributed by atoms with E-state index < -0.39 is 0 Å². The Morgan fingerprint density at radius 1 is 0.652 bits per heavy atom. The molecule has 0 unspecified atom stereocenters. The van der Waals surface area contributed by atoms with Crippen LogP contribution in [0.2, 0.25) is 0 Å². The van der Waals surface area contributed by atoms with Gasteiger partial charge in [-0.25, -0.2) is 0 Å². The minimum atomic E-state index is 1.26. The van der Waals surface area contributed by atoms with Crippen molar-refractivity contribution in [2.45, 2.75) is 13.8 Å². The van der Waals surface area contributed by atoms with E-state index in [0.29, 0.717) is 0 Å². The summed E-state index contributed by atoms with van der Waals surface area (Å²) in [4.78, 5) is 0. The van der Waals surface area contributed by atoms with Crippen molar-refractivity contribution in [1.82, 2.24) is 0 Å². The lowest BCUT2D eigenvalue weighted by molar-refractivity contribution is -0.632. The summed E-state index contributed by atoms with van der Waals surface area (Å²) >= 11 is 0. The Bertz CT molecular complexity index is 1030. The van der Waals surface area contributed by atoms with Crippen LogP contribution in [-0.2, 0) is 7.05 Å². The third-order valence-corrected chi connectivity index (χ3v) is 4.62. The molecular formula is C22H20N+. The van der Waals surface area contributed by atoms with Crippen LogP contribution in [0.1, 0.15) is 11.1 Å². The van der Waals surface area contributed by atoms with Gasteiger partial charge in [-0.3, -0.25) is 0 Å². The number of hydrogen-bond donors (Lipinski definition) is 0. The van der Waals surface area contributed by atoms with Gasteiger partial charge < -0.3 is 0 Å². The van der Waals surface area contributed by atoms with Gasteiger partial charge in [0.15, 0.2) is 0 Å². The molecule has 4 aromatic rings. The summed E-state index contributed by atoms with van der Waals surface area (Å²) in [6.45, 7) is 4.31. The van der Waals surface area contributed by atoms with Crippen molar-refractivity contribution in [3.63, 3.8) is 0 Å². The van der Waals surface area contributed by atoms with Crippen LogP contribution in [0.15, 0.2) is 66.7 Å². The quantitative estimate of drug-likeness (QED) is 0.340. The van der Waals surface area contributed by atoms with E-state index in [9.17, 15) is 0 Å². The Labute approximate surface area is 136 Å². The SMILES string of the molecule is Cc1ccc2c(c1)c(-c1ccccc1)[n+](C)c1cc(C)ccc21. The van der Waals surface area contributed by atoms with Gasteiger partial charge in [0.1, 0.15) is 7.05 Å². The minimum absolute atomic E-state index is 1.26. The Morgan fingerprint density at radius 3 is 2.04 bits per heavy atom. The molecule has 3 aromatic carbocycles. The van der Waals surface area contributed by atoms with E-state index in [0.717, 1.165) is 0 Å². The van der Waals surface area contributed by atoms with Crippen molar-refractivity contribution in [2.75, 3.05) is 0 Å². The number of pyridine rings is 1. The largest absolute Gasteiger partial charge is 0.220 e. The number of fused-ring (bicyclic) bond motifs is 3. The molecule has 1 nitrogen and oxygen atoms in total. The van der Waals surface area contributed by atoms with Gasteiger partial charge in [0.2, 0.25) is 11.2 Å². The normalized spacial score (nSPS) is 11.3. The van der Waals surface area contributed by atoms with Gasteiger partial charge in [0, 0.05) is 17.0 Å². The zero-order chi connectivity index (χ0) is 16.0. The zero-order valence-electron chi connectivity index (χ0n) is 13.8. The van der Waals surface area contributed by atoms with Gasteiger partial charge in [-0.15, -0.1) is 0 Å². The summed E-state index contributed by atoms with van der Waals surface area (Å²) in [6.07, 6.45) is 0. The van der Waals surface area contributed by atoms with Crippen LogP contribution < -0.4 is 4.57 Å². The average molecular weight is 298 g/mol. The second kappa shape index (κ2) is 5.20. The van der Waals surface area contributed by atoms with Crippen molar-refractivity contribution < 1.29 is 4.57 Å². The molecule has 0 aliphatic heterocycles. The van der Waals surface area contributed by atoms with Gasteiger partial charge >= 0.3 is 0 Å². The predicted molar refractivity (Wildman–Crippen MR) is 97.5 cm³/mol. The summed E-state index contributed by atoms with van der Waals surface area (Å²) < 4.78 is 2.33. The van der Waals surface area contributed by atoms with E-state index in [-0.39, 0.29) is 0 Å². The Morgan fingerprint density at radius 2 is 1.30 bits per heavy atom. The highest BCUT2D eigenvalue weighted by Gasteiger charge is 2.20. The molecule has 0 N–H and O–H groups in total. The first kappa shape index (κ1) is 14.0. The topological polar surface area (TPSA) is 3.88 Å². The highest BCUT2D eigenvalue weighted by Crippen LogP contribution is 2.31. The van der Waals surface area contributed by atoms with Crippen LogP contribution in [0.4, 0.5) is 0 Å². The van der Waals surface area contributed by atoms with Gasteiger partial charge in [-0.05, 0) is 43.7 Å². The van der Waals surface area contributed by atoms with Gasteiger partial charge in [0.05, 0.1) is 10.8 Å². The minimum Gasteiger partial charge on any atom is -0.194 e. The molecule has 1 heteroatoms. The molecule has 0 saturated heterocycles. The van der Waals surface area contributed by atoms with Gasteiger partial charge in [-0.1, -0.05) is 42.0 Å². The van der Waals surface area contributed by atoms with E-state index in [1.165, 1.54) is 44.1 Å². The fourth-order valence-corrected chi connectivity index (χ4v) is 3.48. The standard InChI is InChI=1S/C22H20N/c1-15-9-11-18-19-12-10-16(2)14-21(19)23(3)22(20(18)13-15)17-7-5-4-6-8-17/h4-14H,1-3H3/q+1. The van der Waals surface area contributed by atoms with Crippen LogP contribution in [0.3, 0.4) is 0 Å². The lowest BCUT2D eigenvalue weighted by atomic mass is 9.97. The number of rotatable bonds is 1. The molecule has 4 rings (SSSR count). The van der Waals surface area contributed by atoms with Crippen molar-refractivity contribution in [3.8, 4) is 11.3 Å². The van der Waals surface area contributed by atoms with E-state index in [1.54, 1.807) is 0 Å². The predicted octanol–water partition coefficient (Wildman–Crippen LogP) is 5.10. The first-order valence-corrected chi connectivity index (χ1v) is 8.03. The molecule has 1 aromatic heterocycles. The maximum atomic E-state index is 2.33. The summed E-state index contributed by atoms with van der Waals surface area (Å²) in [5.41, 5.74) is 6.40. The fraction of sp³-hybridized carbons (Fsp3) is 0.136. The molecule has 0 bridgehead atoms. The number of aryl methyl sites for hydroxylation is 3. The molecule has 0 saturated carbocycles. The van der Waals surface area contributed by atoms with E-state index >= 15 is 0 Å². The smallest absolute Gasteiger partial charge is 0.194 e. The first-order chi connectivity index (χ1) is 11.1. The van der Waals surface area contributed by atoms with Crippen molar-refractivity contribution in [1.29, 1.82) is 0 Å². The van der Waals surface area contributed by atoms with Crippen molar-refractivity contribution >= 4 is 21.7 Å². The highest BCUT2D eigenvalue weighted by molar-refractivity contribution is 6.09. The second-order valence-electron chi connectivity index (χ2n) is 6.34. The molecule has 0 amide bonds. The lowest BCUT2D eigenvalue weighted by Crippen LogP contribution is -2.32. The zero-order valence-corrected chi connectivity index (χ0v) is 13.8. The van der Waals surface area contributed by atoms with Crippen LogP contribution in [-0.4, -0.2) is 0 Å². The molecule has 0 fully saturated rings. The molecule has 23 heavy (non-hydrogen) atoms. The van der Waals surface area contributed by atoms with E-state index in [2.05, 4.69) is 92.2 Å². The van der Waals surface area contributed by atoms with Crippen LogP contribution in [0.25, 0.3) is 32.9 Å². The van der Waals surface area contributed by atoms with Gasteiger partial charge in [-0.2, -0.15) is 4.57 Å². The number of hydrogen-bond acceptors (Lipinski definition) is 0. The molecular weight excluding hydrogens is 278 g/mol. The summed E-state index contributed by atoms with van der Waals surface area (Å²) in [6, 6.07) is 24.2. The average Bonchev–Trinajstić information content (AvgIpc) is 2.56. The first-order valence-electron chi connectivity index (χ1n) is 8.03. The fourth-order valence-electron chi connectivity index (χ4n) is 3.48. The molecule has 112 valence electrons. The molecule has 0 aliphatic rings. The third kappa shape index (κ3) is 2.20. The van der Waals surface area contributed by atoms with Crippen LogP contribution >= 0.6 is 0 Å². The third-order valence-electron chi connectivity index (χ3n) is 4.62. The molecule has 0 aliphatic carbocycles. The second-order valence-corrected chi connectivity index (χ2v) is 6.34. The van der Waals surface area contributed by atoms with Crippen LogP contribution in [0, 0.1) is 13.8 Å².